The van der Waals surface area contributed by atoms with Crippen molar-refractivity contribution < 1.29 is 4.79 Å². The van der Waals surface area contributed by atoms with Gasteiger partial charge in [-0.2, -0.15) is 0 Å². The van der Waals surface area contributed by atoms with E-state index in [0.29, 0.717) is 12.2 Å². The van der Waals surface area contributed by atoms with E-state index in [-0.39, 0.29) is 5.91 Å². The van der Waals surface area contributed by atoms with Gasteiger partial charge in [0.15, 0.2) is 0 Å². The fourth-order valence-corrected chi connectivity index (χ4v) is 1.08. The van der Waals surface area contributed by atoms with Gasteiger partial charge in [-0.25, -0.2) is 4.98 Å². The van der Waals surface area contributed by atoms with Crippen molar-refractivity contribution in [2.45, 2.75) is 26.2 Å². The minimum Gasteiger partial charge on any atom is -0.351 e. The highest BCUT2D eigenvalue weighted by Crippen LogP contribution is 1.93. The van der Waals surface area contributed by atoms with Crippen LogP contribution in [0.15, 0.2) is 18.6 Å². The molecule has 1 aromatic rings. The molecule has 0 atom stereocenters. The molecule has 0 aromatic carbocycles. The first-order valence-electron chi connectivity index (χ1n) is 4.88. The molecule has 0 aliphatic rings. The Labute approximate surface area is 83.8 Å². The number of carbonyl (C=O) groups is 1. The van der Waals surface area contributed by atoms with E-state index < -0.39 is 0 Å². The summed E-state index contributed by atoms with van der Waals surface area (Å²) in [5.74, 6) is -0.144. The average molecular weight is 193 g/mol. The van der Waals surface area contributed by atoms with Gasteiger partial charge >= 0.3 is 0 Å². The van der Waals surface area contributed by atoms with Crippen molar-refractivity contribution in [3.63, 3.8) is 0 Å². The van der Waals surface area contributed by atoms with Gasteiger partial charge in [-0.05, 0) is 6.42 Å². The number of unbranched alkanes of at least 4 members (excludes halogenated alkanes) is 2. The van der Waals surface area contributed by atoms with Gasteiger partial charge < -0.3 is 5.32 Å². The number of hydrogen-bond donors (Lipinski definition) is 1. The quantitative estimate of drug-likeness (QED) is 0.719. The molecule has 1 N–H and O–H groups in total. The van der Waals surface area contributed by atoms with Gasteiger partial charge in [-0.3, -0.25) is 9.78 Å². The number of hydrogen-bond acceptors (Lipinski definition) is 3. The Morgan fingerprint density at radius 1 is 1.43 bits per heavy atom. The number of rotatable bonds is 5. The van der Waals surface area contributed by atoms with Crippen molar-refractivity contribution in [1.82, 2.24) is 15.3 Å². The second-order valence-electron chi connectivity index (χ2n) is 3.05. The van der Waals surface area contributed by atoms with E-state index in [0.717, 1.165) is 19.3 Å². The van der Waals surface area contributed by atoms with E-state index in [1.165, 1.54) is 12.4 Å². The van der Waals surface area contributed by atoms with E-state index >= 15 is 0 Å². The van der Waals surface area contributed by atoms with Gasteiger partial charge in [-0.1, -0.05) is 19.8 Å². The second-order valence-corrected chi connectivity index (χ2v) is 3.05. The van der Waals surface area contributed by atoms with E-state index in [1.807, 2.05) is 0 Å². The summed E-state index contributed by atoms with van der Waals surface area (Å²) < 4.78 is 0. The fourth-order valence-electron chi connectivity index (χ4n) is 1.08. The molecule has 1 amide bonds. The molecule has 1 heterocycles. The Kier molecular flexibility index (Phi) is 4.61. The van der Waals surface area contributed by atoms with E-state index in [4.69, 9.17) is 0 Å². The molecular formula is C10H15N3O. The highest BCUT2D eigenvalue weighted by atomic mass is 16.1. The number of nitrogens with zero attached hydrogens (tertiary/aromatic N) is 2. The van der Waals surface area contributed by atoms with E-state index in [2.05, 4.69) is 22.2 Å². The molecule has 4 nitrogen and oxygen atoms in total. The second kappa shape index (κ2) is 6.07. The summed E-state index contributed by atoms with van der Waals surface area (Å²) in [6.07, 6.45) is 7.84. The van der Waals surface area contributed by atoms with Crippen molar-refractivity contribution >= 4 is 5.91 Å². The van der Waals surface area contributed by atoms with E-state index in [9.17, 15) is 4.79 Å². The Balaban J connectivity index is 2.29. The Bertz CT molecular complexity index is 274. The van der Waals surface area contributed by atoms with Crippen LogP contribution in [0, 0.1) is 0 Å². The van der Waals surface area contributed by atoms with Crippen molar-refractivity contribution in [2.24, 2.45) is 0 Å². The molecule has 0 aliphatic heterocycles. The van der Waals surface area contributed by atoms with Crippen molar-refractivity contribution in [3.8, 4) is 0 Å². The fraction of sp³-hybridized carbons (Fsp3) is 0.500. The summed E-state index contributed by atoms with van der Waals surface area (Å²) in [5.41, 5.74) is 0.379. The maximum atomic E-state index is 11.4. The predicted molar refractivity (Wildman–Crippen MR) is 53.9 cm³/mol. The third kappa shape index (κ3) is 3.51. The minimum atomic E-state index is -0.144. The zero-order chi connectivity index (χ0) is 10.2. The normalized spacial score (nSPS) is 9.79. The SMILES string of the molecule is CCCCCNC(=O)c1cnccn1. The summed E-state index contributed by atoms with van der Waals surface area (Å²) in [4.78, 5) is 19.1. The van der Waals surface area contributed by atoms with Crippen LogP contribution in [0.2, 0.25) is 0 Å². The molecule has 0 aliphatic carbocycles. The van der Waals surface area contributed by atoms with Crippen molar-refractivity contribution in [2.75, 3.05) is 6.54 Å². The zero-order valence-corrected chi connectivity index (χ0v) is 8.36. The minimum absolute atomic E-state index is 0.144. The Hall–Kier alpha value is -1.45. The lowest BCUT2D eigenvalue weighted by Crippen LogP contribution is -2.25. The Morgan fingerprint density at radius 3 is 2.93 bits per heavy atom. The molecule has 0 bridgehead atoms. The molecule has 14 heavy (non-hydrogen) atoms. The maximum Gasteiger partial charge on any atom is 0.271 e. The smallest absolute Gasteiger partial charge is 0.271 e. The molecule has 4 heteroatoms. The molecule has 0 radical (unpaired) electrons. The van der Waals surface area contributed by atoms with Crippen LogP contribution in [0.3, 0.4) is 0 Å². The van der Waals surface area contributed by atoms with Crippen LogP contribution in [-0.2, 0) is 0 Å². The van der Waals surface area contributed by atoms with Crippen LogP contribution in [-0.4, -0.2) is 22.4 Å². The van der Waals surface area contributed by atoms with Gasteiger partial charge in [0.05, 0.1) is 6.20 Å². The average Bonchev–Trinajstić information content (AvgIpc) is 2.25. The van der Waals surface area contributed by atoms with Crippen molar-refractivity contribution in [1.29, 1.82) is 0 Å². The van der Waals surface area contributed by atoms with Crippen LogP contribution in [0.5, 0.6) is 0 Å². The highest BCUT2D eigenvalue weighted by Gasteiger charge is 2.04. The lowest BCUT2D eigenvalue weighted by molar-refractivity contribution is 0.0947. The standard InChI is InChI=1S/C10H15N3O/c1-2-3-4-5-13-10(14)9-8-11-6-7-12-9/h6-8H,2-5H2,1H3,(H,13,14). The summed E-state index contributed by atoms with van der Waals surface area (Å²) in [6, 6.07) is 0. The predicted octanol–water partition coefficient (Wildman–Crippen LogP) is 1.40. The summed E-state index contributed by atoms with van der Waals surface area (Å²) >= 11 is 0. The number of amides is 1. The van der Waals surface area contributed by atoms with Gasteiger partial charge in [0.1, 0.15) is 5.69 Å². The summed E-state index contributed by atoms with van der Waals surface area (Å²) in [6.45, 7) is 2.84. The van der Waals surface area contributed by atoms with Crippen LogP contribution < -0.4 is 5.32 Å². The molecule has 1 rings (SSSR count). The molecule has 0 saturated heterocycles. The first kappa shape index (κ1) is 10.6. The Morgan fingerprint density at radius 2 is 2.29 bits per heavy atom. The largest absolute Gasteiger partial charge is 0.351 e. The number of nitrogens with one attached hydrogen (secondary N) is 1. The summed E-state index contributed by atoms with van der Waals surface area (Å²) in [5, 5.41) is 2.79. The molecule has 1 aromatic heterocycles. The molecular weight excluding hydrogens is 178 g/mol. The third-order valence-electron chi connectivity index (χ3n) is 1.86. The van der Waals surface area contributed by atoms with Crippen LogP contribution >= 0.6 is 0 Å². The third-order valence-corrected chi connectivity index (χ3v) is 1.86. The highest BCUT2D eigenvalue weighted by molar-refractivity contribution is 5.91. The van der Waals surface area contributed by atoms with Crippen molar-refractivity contribution in [3.05, 3.63) is 24.3 Å². The van der Waals surface area contributed by atoms with E-state index in [1.54, 1.807) is 6.20 Å². The number of carbonyl (C=O) groups excluding carboxylic acids is 1. The molecule has 76 valence electrons. The molecule has 0 spiro atoms. The van der Waals surface area contributed by atoms with Gasteiger partial charge in [0, 0.05) is 18.9 Å². The molecule has 0 saturated carbocycles. The first-order valence-corrected chi connectivity index (χ1v) is 4.88. The molecule has 0 fully saturated rings. The lowest BCUT2D eigenvalue weighted by Gasteiger charge is -2.02. The monoisotopic (exact) mass is 193 g/mol. The summed E-state index contributed by atoms with van der Waals surface area (Å²) in [7, 11) is 0. The molecule has 0 unspecified atom stereocenters. The van der Waals surface area contributed by atoms with Crippen LogP contribution in [0.1, 0.15) is 36.7 Å². The van der Waals surface area contributed by atoms with Gasteiger partial charge in [-0.15, -0.1) is 0 Å². The topological polar surface area (TPSA) is 54.9 Å². The first-order chi connectivity index (χ1) is 6.84. The lowest BCUT2D eigenvalue weighted by atomic mass is 10.2. The van der Waals surface area contributed by atoms with Gasteiger partial charge in [0.25, 0.3) is 5.91 Å². The van der Waals surface area contributed by atoms with Crippen LogP contribution in [0.25, 0.3) is 0 Å². The zero-order valence-electron chi connectivity index (χ0n) is 8.36. The number of aromatic nitrogens is 2. The maximum absolute atomic E-state index is 11.4. The van der Waals surface area contributed by atoms with Gasteiger partial charge in [0.2, 0.25) is 0 Å². The van der Waals surface area contributed by atoms with Crippen LogP contribution in [0.4, 0.5) is 0 Å².